The molecule has 2 aliphatic rings. The summed E-state index contributed by atoms with van der Waals surface area (Å²) < 4.78 is 0. The Labute approximate surface area is 106 Å². The molecule has 1 aliphatic heterocycles. The molecule has 3 heteroatoms. The summed E-state index contributed by atoms with van der Waals surface area (Å²) in [6.07, 6.45) is 10.3. The molecule has 0 bridgehead atoms. The fraction of sp³-hybridized carbons (Fsp3) is 0.929. The van der Waals surface area contributed by atoms with Crippen LogP contribution < -0.4 is 5.32 Å². The average molecular weight is 237 g/mol. The standard InChI is InChI=1S/C14H27N3/c1-15-11-12-5-3-4-6-14(12)17(2)13-7-9-16-10-8-13/h11-14,16H,3-10H2,1-2H3/b15-11+/t12?,14-/m0/s1. The second kappa shape index (κ2) is 6.50. The topological polar surface area (TPSA) is 27.6 Å². The minimum atomic E-state index is 0.689. The second-order valence-electron chi connectivity index (χ2n) is 5.57. The lowest BCUT2D eigenvalue weighted by Gasteiger charge is -2.42. The van der Waals surface area contributed by atoms with Crippen molar-refractivity contribution in [3.8, 4) is 0 Å². The molecule has 2 atom stereocenters. The molecule has 2 rings (SSSR count). The zero-order valence-corrected chi connectivity index (χ0v) is 11.4. The summed E-state index contributed by atoms with van der Waals surface area (Å²) in [4.78, 5) is 6.93. The maximum atomic E-state index is 4.27. The first-order valence-corrected chi connectivity index (χ1v) is 7.18. The van der Waals surface area contributed by atoms with Crippen molar-refractivity contribution in [2.75, 3.05) is 27.2 Å². The van der Waals surface area contributed by atoms with Crippen LogP contribution in [0.4, 0.5) is 0 Å². The van der Waals surface area contributed by atoms with Gasteiger partial charge in [-0.25, -0.2) is 0 Å². The van der Waals surface area contributed by atoms with Crippen molar-refractivity contribution in [2.45, 2.75) is 50.6 Å². The molecule has 1 N–H and O–H groups in total. The largest absolute Gasteiger partial charge is 0.317 e. The van der Waals surface area contributed by atoms with Gasteiger partial charge in [0.25, 0.3) is 0 Å². The molecule has 1 aliphatic carbocycles. The van der Waals surface area contributed by atoms with E-state index < -0.39 is 0 Å². The van der Waals surface area contributed by atoms with Gasteiger partial charge in [0.15, 0.2) is 0 Å². The van der Waals surface area contributed by atoms with Gasteiger partial charge in [-0.3, -0.25) is 4.90 Å². The van der Waals surface area contributed by atoms with Crippen LogP contribution in [0, 0.1) is 5.92 Å². The van der Waals surface area contributed by atoms with Crippen LogP contribution in [0.1, 0.15) is 38.5 Å². The maximum Gasteiger partial charge on any atom is 0.0273 e. The van der Waals surface area contributed by atoms with Gasteiger partial charge in [0.2, 0.25) is 0 Å². The number of hydrogen-bond acceptors (Lipinski definition) is 3. The number of piperidine rings is 1. The van der Waals surface area contributed by atoms with E-state index in [1.165, 1.54) is 51.6 Å². The predicted octanol–water partition coefficient (Wildman–Crippen LogP) is 1.93. The van der Waals surface area contributed by atoms with E-state index in [1.54, 1.807) is 0 Å². The molecule has 0 radical (unpaired) electrons. The SMILES string of the molecule is C/N=C/C1CCCC[C@@H]1N(C)C1CCNCC1. The van der Waals surface area contributed by atoms with E-state index in [0.29, 0.717) is 5.92 Å². The molecule has 0 aromatic carbocycles. The maximum absolute atomic E-state index is 4.27. The van der Waals surface area contributed by atoms with Gasteiger partial charge in [-0.1, -0.05) is 12.8 Å². The van der Waals surface area contributed by atoms with Crippen molar-refractivity contribution in [1.82, 2.24) is 10.2 Å². The molecular weight excluding hydrogens is 210 g/mol. The summed E-state index contributed by atoms with van der Waals surface area (Å²) in [5.74, 6) is 0.689. The highest BCUT2D eigenvalue weighted by molar-refractivity contribution is 5.61. The molecule has 1 saturated carbocycles. The van der Waals surface area contributed by atoms with Gasteiger partial charge < -0.3 is 10.3 Å². The van der Waals surface area contributed by atoms with Gasteiger partial charge in [-0.15, -0.1) is 0 Å². The van der Waals surface area contributed by atoms with Crippen molar-refractivity contribution in [1.29, 1.82) is 0 Å². The van der Waals surface area contributed by atoms with E-state index in [-0.39, 0.29) is 0 Å². The van der Waals surface area contributed by atoms with Crippen LogP contribution in [0.25, 0.3) is 0 Å². The quantitative estimate of drug-likeness (QED) is 0.760. The zero-order chi connectivity index (χ0) is 12.1. The van der Waals surface area contributed by atoms with Crippen LogP contribution in [0.5, 0.6) is 0 Å². The number of nitrogens with one attached hydrogen (secondary N) is 1. The summed E-state index contributed by atoms with van der Waals surface area (Å²) in [6.45, 7) is 2.38. The summed E-state index contributed by atoms with van der Waals surface area (Å²) >= 11 is 0. The van der Waals surface area contributed by atoms with E-state index in [4.69, 9.17) is 0 Å². The highest BCUT2D eigenvalue weighted by Crippen LogP contribution is 2.29. The highest BCUT2D eigenvalue weighted by Gasteiger charge is 2.31. The molecule has 3 nitrogen and oxygen atoms in total. The lowest BCUT2D eigenvalue weighted by atomic mass is 9.83. The Kier molecular flexibility index (Phi) is 4.99. The van der Waals surface area contributed by atoms with E-state index in [1.807, 2.05) is 7.05 Å². The van der Waals surface area contributed by atoms with Gasteiger partial charge in [-0.2, -0.15) is 0 Å². The van der Waals surface area contributed by atoms with Crippen LogP contribution in [0.2, 0.25) is 0 Å². The Morgan fingerprint density at radius 3 is 2.53 bits per heavy atom. The molecule has 0 aromatic heterocycles. The first-order chi connectivity index (χ1) is 8.33. The molecule has 0 amide bonds. The summed E-state index contributed by atoms with van der Waals surface area (Å²) in [5, 5.41) is 3.46. The van der Waals surface area contributed by atoms with Crippen LogP contribution in [-0.4, -0.2) is 50.4 Å². The third-order valence-corrected chi connectivity index (χ3v) is 4.53. The Hall–Kier alpha value is -0.410. The molecule has 17 heavy (non-hydrogen) atoms. The third kappa shape index (κ3) is 3.29. The van der Waals surface area contributed by atoms with Crippen molar-refractivity contribution >= 4 is 6.21 Å². The van der Waals surface area contributed by atoms with Crippen molar-refractivity contribution in [2.24, 2.45) is 10.9 Å². The highest BCUT2D eigenvalue weighted by atomic mass is 15.2. The lowest BCUT2D eigenvalue weighted by Crippen LogP contribution is -2.49. The third-order valence-electron chi connectivity index (χ3n) is 4.53. The van der Waals surface area contributed by atoms with E-state index in [9.17, 15) is 0 Å². The van der Waals surface area contributed by atoms with Crippen molar-refractivity contribution < 1.29 is 0 Å². The van der Waals surface area contributed by atoms with Gasteiger partial charge in [0, 0.05) is 31.3 Å². The first kappa shape index (κ1) is 13.0. The fourth-order valence-corrected chi connectivity index (χ4v) is 3.50. The van der Waals surface area contributed by atoms with Crippen LogP contribution in [-0.2, 0) is 0 Å². The second-order valence-corrected chi connectivity index (χ2v) is 5.57. The lowest BCUT2D eigenvalue weighted by molar-refractivity contribution is 0.0974. The molecule has 1 heterocycles. The van der Waals surface area contributed by atoms with Gasteiger partial charge in [0.05, 0.1) is 0 Å². The van der Waals surface area contributed by atoms with Crippen LogP contribution in [0.15, 0.2) is 4.99 Å². The molecule has 2 fully saturated rings. The molecule has 98 valence electrons. The van der Waals surface area contributed by atoms with E-state index in [0.717, 1.165) is 12.1 Å². The predicted molar refractivity (Wildman–Crippen MR) is 73.8 cm³/mol. The Morgan fingerprint density at radius 1 is 1.12 bits per heavy atom. The van der Waals surface area contributed by atoms with E-state index >= 15 is 0 Å². The Morgan fingerprint density at radius 2 is 1.82 bits per heavy atom. The fourth-order valence-electron chi connectivity index (χ4n) is 3.50. The Bertz CT molecular complexity index is 246. The summed E-state index contributed by atoms with van der Waals surface area (Å²) in [6, 6.07) is 1.52. The number of aliphatic imine (C=N–C) groups is 1. The first-order valence-electron chi connectivity index (χ1n) is 7.18. The van der Waals surface area contributed by atoms with Gasteiger partial charge >= 0.3 is 0 Å². The van der Waals surface area contributed by atoms with Gasteiger partial charge in [0.1, 0.15) is 0 Å². The molecule has 0 aromatic rings. The zero-order valence-electron chi connectivity index (χ0n) is 11.4. The number of rotatable bonds is 3. The summed E-state index contributed by atoms with van der Waals surface area (Å²) in [7, 11) is 4.25. The smallest absolute Gasteiger partial charge is 0.0273 e. The van der Waals surface area contributed by atoms with Gasteiger partial charge in [-0.05, 0) is 45.8 Å². The van der Waals surface area contributed by atoms with Crippen molar-refractivity contribution in [3.63, 3.8) is 0 Å². The minimum Gasteiger partial charge on any atom is -0.317 e. The molecule has 1 unspecified atom stereocenters. The van der Waals surface area contributed by atoms with Crippen LogP contribution >= 0.6 is 0 Å². The average Bonchev–Trinajstić information content (AvgIpc) is 2.40. The molecule has 1 saturated heterocycles. The van der Waals surface area contributed by atoms with Crippen molar-refractivity contribution in [3.05, 3.63) is 0 Å². The minimum absolute atomic E-state index is 0.689. The monoisotopic (exact) mass is 237 g/mol. The number of hydrogen-bond donors (Lipinski definition) is 1. The normalized spacial score (nSPS) is 32.4. The molecular formula is C14H27N3. The van der Waals surface area contributed by atoms with Crippen LogP contribution in [0.3, 0.4) is 0 Å². The Balaban J connectivity index is 1.96. The molecule has 0 spiro atoms. The number of nitrogens with zero attached hydrogens (tertiary/aromatic N) is 2. The van der Waals surface area contributed by atoms with E-state index in [2.05, 4.69) is 28.5 Å². The summed E-state index contributed by atoms with van der Waals surface area (Å²) in [5.41, 5.74) is 0.